The van der Waals surface area contributed by atoms with Crippen molar-refractivity contribution in [3.05, 3.63) is 0 Å². The maximum absolute atomic E-state index is 12.3. The zero-order valence-corrected chi connectivity index (χ0v) is 14.2. The first-order valence-electron chi connectivity index (χ1n) is 8.39. The highest BCUT2D eigenvalue weighted by Crippen LogP contribution is 2.22. The van der Waals surface area contributed by atoms with Crippen LogP contribution < -0.4 is 5.32 Å². The van der Waals surface area contributed by atoms with Crippen molar-refractivity contribution < 1.29 is 14.7 Å². The van der Waals surface area contributed by atoms with Gasteiger partial charge < -0.3 is 10.4 Å². The van der Waals surface area contributed by atoms with Gasteiger partial charge in [-0.3, -0.25) is 14.5 Å². The van der Waals surface area contributed by atoms with Crippen molar-refractivity contribution in [1.82, 2.24) is 10.2 Å². The number of carbonyl (C=O) groups is 2. The summed E-state index contributed by atoms with van der Waals surface area (Å²) in [7, 11) is 0. The largest absolute Gasteiger partial charge is 0.480 e. The van der Waals surface area contributed by atoms with Crippen molar-refractivity contribution in [1.29, 1.82) is 0 Å². The number of halogens is 1. The van der Waals surface area contributed by atoms with Gasteiger partial charge in [0.2, 0.25) is 5.91 Å². The molecule has 2 N–H and O–H groups in total. The number of carboxylic acids is 1. The summed E-state index contributed by atoms with van der Waals surface area (Å²) >= 11 is 0. The normalized spacial score (nSPS) is 22.6. The van der Waals surface area contributed by atoms with E-state index in [1.54, 1.807) is 0 Å². The van der Waals surface area contributed by atoms with Crippen molar-refractivity contribution in [2.24, 2.45) is 5.92 Å². The van der Waals surface area contributed by atoms with Crippen molar-refractivity contribution in [2.75, 3.05) is 13.1 Å². The monoisotopic (exact) mass is 332 g/mol. The van der Waals surface area contributed by atoms with Crippen LogP contribution in [0.5, 0.6) is 0 Å². The fraction of sp³-hybridized carbons (Fsp3) is 0.875. The SMILES string of the molecule is CCC(C(=O)O)N1CCC(C(=O)NC2CCCCC2)CC1.Cl. The van der Waals surface area contributed by atoms with Gasteiger partial charge in [-0.15, -0.1) is 12.4 Å². The van der Waals surface area contributed by atoms with E-state index < -0.39 is 12.0 Å². The maximum Gasteiger partial charge on any atom is 0.320 e. The Morgan fingerprint density at radius 1 is 1.14 bits per heavy atom. The van der Waals surface area contributed by atoms with Gasteiger partial charge in [0, 0.05) is 12.0 Å². The number of rotatable bonds is 5. The van der Waals surface area contributed by atoms with E-state index in [0.717, 1.165) is 25.7 Å². The minimum absolute atomic E-state index is 0. The summed E-state index contributed by atoms with van der Waals surface area (Å²) in [6.45, 7) is 3.34. The van der Waals surface area contributed by atoms with Crippen LogP contribution in [-0.2, 0) is 9.59 Å². The van der Waals surface area contributed by atoms with Crippen molar-refractivity contribution in [3.8, 4) is 0 Å². The topological polar surface area (TPSA) is 69.6 Å². The van der Waals surface area contributed by atoms with Crippen LogP contribution in [0.4, 0.5) is 0 Å². The van der Waals surface area contributed by atoms with E-state index in [0.29, 0.717) is 25.6 Å². The molecule has 0 aromatic rings. The molecule has 1 saturated carbocycles. The van der Waals surface area contributed by atoms with Crippen molar-refractivity contribution in [2.45, 2.75) is 70.4 Å². The van der Waals surface area contributed by atoms with E-state index in [4.69, 9.17) is 0 Å². The first-order valence-corrected chi connectivity index (χ1v) is 8.39. The Hall–Kier alpha value is -0.810. The van der Waals surface area contributed by atoms with Gasteiger partial charge in [-0.1, -0.05) is 26.2 Å². The Morgan fingerprint density at radius 2 is 1.73 bits per heavy atom. The molecule has 1 amide bonds. The molecule has 2 fully saturated rings. The molecule has 0 aromatic carbocycles. The van der Waals surface area contributed by atoms with Crippen LogP contribution in [0, 0.1) is 5.92 Å². The lowest BCUT2D eigenvalue weighted by Gasteiger charge is -2.35. The molecule has 128 valence electrons. The lowest BCUT2D eigenvalue weighted by atomic mass is 9.92. The number of nitrogens with zero attached hydrogens (tertiary/aromatic N) is 1. The molecule has 0 aromatic heterocycles. The molecule has 5 nitrogen and oxygen atoms in total. The number of likely N-dealkylation sites (tertiary alicyclic amines) is 1. The summed E-state index contributed by atoms with van der Waals surface area (Å²) in [5.41, 5.74) is 0. The maximum atomic E-state index is 12.3. The third kappa shape index (κ3) is 5.13. The number of piperidine rings is 1. The van der Waals surface area contributed by atoms with Crippen LogP contribution >= 0.6 is 12.4 Å². The molecule has 0 bridgehead atoms. The van der Waals surface area contributed by atoms with Crippen molar-refractivity contribution >= 4 is 24.3 Å². The Bertz CT molecular complexity index is 364. The molecule has 1 saturated heterocycles. The third-order valence-electron chi connectivity index (χ3n) is 4.96. The number of carboxylic acid groups (broad SMARTS) is 1. The second kappa shape index (κ2) is 9.36. The highest BCUT2D eigenvalue weighted by molar-refractivity contribution is 5.85. The number of carbonyl (C=O) groups excluding carboxylic acids is 1. The van der Waals surface area contributed by atoms with E-state index in [-0.39, 0.29) is 24.2 Å². The molecule has 1 atom stereocenters. The van der Waals surface area contributed by atoms with Gasteiger partial charge in [-0.05, 0) is 45.2 Å². The molecule has 1 aliphatic heterocycles. The predicted octanol–water partition coefficient (Wildman–Crippen LogP) is 2.43. The van der Waals surface area contributed by atoms with Crippen LogP contribution in [0.2, 0.25) is 0 Å². The Labute approximate surface area is 139 Å². The summed E-state index contributed by atoms with van der Waals surface area (Å²) < 4.78 is 0. The number of amides is 1. The van der Waals surface area contributed by atoms with E-state index in [1.165, 1.54) is 19.3 Å². The first kappa shape index (κ1) is 19.2. The summed E-state index contributed by atoms with van der Waals surface area (Å²) in [4.78, 5) is 25.5. The van der Waals surface area contributed by atoms with Gasteiger partial charge in [-0.25, -0.2) is 0 Å². The molecule has 6 heteroatoms. The van der Waals surface area contributed by atoms with Crippen LogP contribution in [-0.4, -0.2) is 47.1 Å². The fourth-order valence-electron chi connectivity index (χ4n) is 3.63. The van der Waals surface area contributed by atoms with Crippen LogP contribution in [0.3, 0.4) is 0 Å². The molecular weight excluding hydrogens is 304 g/mol. The molecule has 0 radical (unpaired) electrons. The standard InChI is InChI=1S/C16H28N2O3.ClH/c1-2-14(16(20)21)18-10-8-12(9-11-18)15(19)17-13-6-4-3-5-7-13;/h12-14H,2-11H2,1H3,(H,17,19)(H,20,21);1H. The molecule has 22 heavy (non-hydrogen) atoms. The molecule has 2 rings (SSSR count). The number of hydrogen-bond donors (Lipinski definition) is 2. The van der Waals surface area contributed by atoms with Crippen molar-refractivity contribution in [3.63, 3.8) is 0 Å². The predicted molar refractivity (Wildman–Crippen MR) is 88.3 cm³/mol. The van der Waals surface area contributed by atoms with E-state index in [2.05, 4.69) is 5.32 Å². The number of hydrogen-bond acceptors (Lipinski definition) is 3. The van der Waals surface area contributed by atoms with E-state index >= 15 is 0 Å². The molecule has 1 heterocycles. The smallest absolute Gasteiger partial charge is 0.320 e. The second-order valence-electron chi connectivity index (χ2n) is 6.42. The first-order chi connectivity index (χ1) is 10.1. The zero-order chi connectivity index (χ0) is 15.2. The minimum atomic E-state index is -0.748. The number of nitrogens with one attached hydrogen (secondary N) is 1. The van der Waals surface area contributed by atoms with Crippen LogP contribution in [0.15, 0.2) is 0 Å². The third-order valence-corrected chi connectivity index (χ3v) is 4.96. The zero-order valence-electron chi connectivity index (χ0n) is 13.4. The minimum Gasteiger partial charge on any atom is -0.480 e. The van der Waals surface area contributed by atoms with Gasteiger partial charge in [0.1, 0.15) is 6.04 Å². The molecule has 2 aliphatic rings. The van der Waals surface area contributed by atoms with E-state index in [1.807, 2.05) is 11.8 Å². The Balaban J connectivity index is 0.00000242. The van der Waals surface area contributed by atoms with Gasteiger partial charge in [-0.2, -0.15) is 0 Å². The van der Waals surface area contributed by atoms with Crippen LogP contribution in [0.1, 0.15) is 58.3 Å². The number of aliphatic carboxylic acids is 1. The summed E-state index contributed by atoms with van der Waals surface area (Å²) in [5, 5.41) is 12.4. The van der Waals surface area contributed by atoms with Gasteiger partial charge in [0.05, 0.1) is 0 Å². The second-order valence-corrected chi connectivity index (χ2v) is 6.42. The molecular formula is C16H29ClN2O3. The highest BCUT2D eigenvalue weighted by atomic mass is 35.5. The molecule has 1 aliphatic carbocycles. The fourth-order valence-corrected chi connectivity index (χ4v) is 3.63. The summed E-state index contributed by atoms with van der Waals surface area (Å²) in [6, 6.07) is -0.0287. The van der Waals surface area contributed by atoms with Gasteiger partial charge in [0.25, 0.3) is 0 Å². The average molecular weight is 333 g/mol. The lowest BCUT2D eigenvalue weighted by Crippen LogP contribution is -2.48. The van der Waals surface area contributed by atoms with Gasteiger partial charge in [0.15, 0.2) is 0 Å². The summed E-state index contributed by atoms with van der Waals surface area (Å²) in [6.07, 6.45) is 8.14. The Kier molecular flexibility index (Phi) is 8.18. The average Bonchev–Trinajstić information content (AvgIpc) is 2.49. The van der Waals surface area contributed by atoms with Gasteiger partial charge >= 0.3 is 5.97 Å². The Morgan fingerprint density at radius 3 is 2.23 bits per heavy atom. The summed E-state index contributed by atoms with van der Waals surface area (Å²) in [5.74, 6) is -0.498. The molecule has 1 unspecified atom stereocenters. The van der Waals surface area contributed by atoms with Crippen LogP contribution in [0.25, 0.3) is 0 Å². The highest BCUT2D eigenvalue weighted by Gasteiger charge is 2.31. The quantitative estimate of drug-likeness (QED) is 0.811. The van der Waals surface area contributed by atoms with E-state index in [9.17, 15) is 14.7 Å². The lowest BCUT2D eigenvalue weighted by molar-refractivity contribution is -0.144. The molecule has 0 spiro atoms.